The fourth-order valence-electron chi connectivity index (χ4n) is 0.629. The first-order valence-corrected chi connectivity index (χ1v) is 3.61. The first-order chi connectivity index (χ1) is 3.72. The van der Waals surface area contributed by atoms with E-state index in [4.69, 9.17) is 0 Å². The molecule has 0 N–H and O–H groups in total. The third kappa shape index (κ3) is 0.823. The Hall–Kier alpha value is -0.180. The Labute approximate surface area is 53.4 Å². The highest BCUT2D eigenvalue weighted by molar-refractivity contribution is 8.00. The van der Waals surface area contributed by atoms with Gasteiger partial charge in [-0.15, -0.1) is 0 Å². The predicted molar refractivity (Wildman–Crippen MR) is 34.4 cm³/mol. The smallest absolute Gasteiger partial charge is 0.244 e. The lowest BCUT2D eigenvalue weighted by Crippen LogP contribution is -2.41. The number of carbonyl (C=O) groups excluding carboxylic acids is 1. The summed E-state index contributed by atoms with van der Waals surface area (Å²) in [5.74, 6) is 0.947. The second-order valence-electron chi connectivity index (χ2n) is 2.09. The van der Waals surface area contributed by atoms with E-state index in [2.05, 4.69) is 0 Å². The van der Waals surface area contributed by atoms with Crippen molar-refractivity contribution in [2.75, 3.05) is 5.75 Å². The maximum absolute atomic E-state index is 10.6. The van der Waals surface area contributed by atoms with E-state index in [1.807, 2.05) is 13.8 Å². The standard InChI is InChI=1S/C5H9NOS/c1-4(2)6-5(7)3-8-6/h4H,3H2,1-2H3. The molecule has 3 heteroatoms. The lowest BCUT2D eigenvalue weighted by molar-refractivity contribution is -0.126. The van der Waals surface area contributed by atoms with Crippen LogP contribution >= 0.6 is 11.9 Å². The van der Waals surface area contributed by atoms with Crippen LogP contribution in [0.25, 0.3) is 0 Å². The number of hydrogen-bond donors (Lipinski definition) is 0. The van der Waals surface area contributed by atoms with Gasteiger partial charge in [-0.1, -0.05) is 0 Å². The molecule has 0 bridgehead atoms. The summed E-state index contributed by atoms with van der Waals surface area (Å²) in [5, 5.41) is 0. The molecule has 2 nitrogen and oxygen atoms in total. The van der Waals surface area contributed by atoms with Crippen molar-refractivity contribution in [3.8, 4) is 0 Å². The van der Waals surface area contributed by atoms with Gasteiger partial charge in [-0.2, -0.15) is 0 Å². The Balaban J connectivity index is 2.37. The van der Waals surface area contributed by atoms with Crippen LogP contribution in [0.5, 0.6) is 0 Å². The summed E-state index contributed by atoms with van der Waals surface area (Å²) in [5.41, 5.74) is 0. The van der Waals surface area contributed by atoms with E-state index in [0.717, 1.165) is 0 Å². The van der Waals surface area contributed by atoms with Gasteiger partial charge in [0.15, 0.2) is 0 Å². The molecule has 0 aliphatic carbocycles. The molecule has 8 heavy (non-hydrogen) atoms. The van der Waals surface area contributed by atoms with Gasteiger partial charge in [0, 0.05) is 6.04 Å². The van der Waals surface area contributed by atoms with Crippen molar-refractivity contribution in [3.05, 3.63) is 0 Å². The number of carbonyl (C=O) groups is 1. The van der Waals surface area contributed by atoms with Crippen molar-refractivity contribution in [1.29, 1.82) is 0 Å². The van der Waals surface area contributed by atoms with Crippen LogP contribution in [0.4, 0.5) is 0 Å². The molecule has 0 spiro atoms. The summed E-state index contributed by atoms with van der Waals surface area (Å²) in [6.07, 6.45) is 0. The SMILES string of the molecule is CC(C)N1SCC1=O. The van der Waals surface area contributed by atoms with Crippen LogP contribution in [-0.4, -0.2) is 22.0 Å². The molecule has 1 aliphatic heterocycles. The molecule has 46 valence electrons. The highest BCUT2D eigenvalue weighted by Gasteiger charge is 2.26. The molecular formula is C5H9NOS. The normalized spacial score (nSPS) is 19.4. The predicted octanol–water partition coefficient (Wildman–Crippen LogP) is 0.885. The summed E-state index contributed by atoms with van der Waals surface area (Å²) >= 11 is 1.61. The minimum absolute atomic E-state index is 0.269. The minimum atomic E-state index is 0.269. The monoisotopic (exact) mass is 131 g/mol. The van der Waals surface area contributed by atoms with Gasteiger partial charge in [-0.25, -0.2) is 0 Å². The van der Waals surface area contributed by atoms with Crippen LogP contribution in [0.1, 0.15) is 13.8 Å². The Morgan fingerprint density at radius 3 is 2.38 bits per heavy atom. The first kappa shape index (κ1) is 5.95. The molecule has 1 aliphatic rings. The van der Waals surface area contributed by atoms with Gasteiger partial charge in [-0.05, 0) is 25.8 Å². The van der Waals surface area contributed by atoms with Crippen LogP contribution < -0.4 is 0 Å². The second kappa shape index (κ2) is 1.97. The molecule has 0 aromatic rings. The van der Waals surface area contributed by atoms with Crippen molar-refractivity contribution in [3.63, 3.8) is 0 Å². The maximum atomic E-state index is 10.6. The Morgan fingerprint density at radius 2 is 2.38 bits per heavy atom. The fraction of sp³-hybridized carbons (Fsp3) is 0.800. The van der Waals surface area contributed by atoms with Crippen LogP contribution in [0.2, 0.25) is 0 Å². The van der Waals surface area contributed by atoms with Gasteiger partial charge in [-0.3, -0.25) is 9.10 Å². The molecule has 0 aromatic carbocycles. The van der Waals surface area contributed by atoms with Crippen molar-refractivity contribution < 1.29 is 4.79 Å². The number of hydrogen-bond acceptors (Lipinski definition) is 2. The molecule has 1 rings (SSSR count). The molecule has 0 radical (unpaired) electrons. The Bertz CT molecular complexity index is 113. The summed E-state index contributed by atoms with van der Waals surface area (Å²) in [6.45, 7) is 4.04. The Kier molecular flexibility index (Phi) is 1.47. The highest BCUT2D eigenvalue weighted by Crippen LogP contribution is 2.24. The number of rotatable bonds is 1. The third-order valence-electron chi connectivity index (χ3n) is 1.04. The average Bonchev–Trinajstić information content (AvgIpc) is 1.61. The average molecular weight is 131 g/mol. The highest BCUT2D eigenvalue weighted by atomic mass is 32.2. The van der Waals surface area contributed by atoms with E-state index in [-0.39, 0.29) is 5.91 Å². The van der Waals surface area contributed by atoms with Crippen LogP contribution in [0.15, 0.2) is 0 Å². The molecule has 1 saturated heterocycles. The first-order valence-electron chi connectivity index (χ1n) is 2.67. The summed E-state index contributed by atoms with van der Waals surface area (Å²) in [7, 11) is 0. The molecule has 0 unspecified atom stereocenters. The lowest BCUT2D eigenvalue weighted by Gasteiger charge is -2.32. The molecule has 1 heterocycles. The summed E-state index contributed by atoms with van der Waals surface area (Å²) in [4.78, 5) is 10.6. The van der Waals surface area contributed by atoms with Crippen LogP contribution in [-0.2, 0) is 4.79 Å². The van der Waals surface area contributed by atoms with Crippen molar-refractivity contribution in [2.24, 2.45) is 0 Å². The van der Waals surface area contributed by atoms with Gasteiger partial charge in [0.05, 0.1) is 5.75 Å². The van der Waals surface area contributed by atoms with Crippen molar-refractivity contribution >= 4 is 17.9 Å². The van der Waals surface area contributed by atoms with Crippen LogP contribution in [0, 0.1) is 0 Å². The minimum Gasteiger partial charge on any atom is -0.283 e. The third-order valence-corrected chi connectivity index (χ3v) is 2.32. The molecule has 0 aromatic heterocycles. The van der Waals surface area contributed by atoms with Gasteiger partial charge in [0.1, 0.15) is 0 Å². The molecule has 0 atom stereocenters. The quantitative estimate of drug-likeness (QED) is 0.492. The maximum Gasteiger partial charge on any atom is 0.244 e. The van der Waals surface area contributed by atoms with E-state index in [9.17, 15) is 4.79 Å². The van der Waals surface area contributed by atoms with Gasteiger partial charge >= 0.3 is 0 Å². The largest absolute Gasteiger partial charge is 0.283 e. The van der Waals surface area contributed by atoms with E-state index in [0.29, 0.717) is 11.8 Å². The second-order valence-corrected chi connectivity index (χ2v) is 3.03. The zero-order valence-electron chi connectivity index (χ0n) is 5.05. The van der Waals surface area contributed by atoms with E-state index < -0.39 is 0 Å². The molecule has 1 fully saturated rings. The van der Waals surface area contributed by atoms with Crippen molar-refractivity contribution in [2.45, 2.75) is 19.9 Å². The van der Waals surface area contributed by atoms with Crippen molar-refractivity contribution in [1.82, 2.24) is 4.31 Å². The number of nitrogens with zero attached hydrogens (tertiary/aromatic N) is 1. The van der Waals surface area contributed by atoms with E-state index in [1.54, 1.807) is 16.3 Å². The zero-order valence-corrected chi connectivity index (χ0v) is 5.86. The van der Waals surface area contributed by atoms with Gasteiger partial charge < -0.3 is 0 Å². The lowest BCUT2D eigenvalue weighted by atomic mass is 10.4. The summed E-state index contributed by atoms with van der Waals surface area (Å²) < 4.78 is 1.79. The topological polar surface area (TPSA) is 20.3 Å². The fourth-order valence-corrected chi connectivity index (χ4v) is 1.31. The zero-order chi connectivity index (χ0) is 6.15. The molecule has 1 amide bonds. The molecule has 0 saturated carbocycles. The Morgan fingerprint density at radius 1 is 1.75 bits per heavy atom. The van der Waals surface area contributed by atoms with Crippen LogP contribution in [0.3, 0.4) is 0 Å². The van der Waals surface area contributed by atoms with E-state index >= 15 is 0 Å². The summed E-state index contributed by atoms with van der Waals surface area (Å²) in [6, 6.07) is 0.376. The van der Waals surface area contributed by atoms with E-state index in [1.165, 1.54) is 0 Å². The number of amides is 1. The van der Waals surface area contributed by atoms with Gasteiger partial charge in [0.2, 0.25) is 5.91 Å². The molecular weight excluding hydrogens is 122 g/mol. The van der Waals surface area contributed by atoms with Gasteiger partial charge in [0.25, 0.3) is 0 Å².